The first kappa shape index (κ1) is 12.2. The predicted molar refractivity (Wildman–Crippen MR) is 62.2 cm³/mol. The number of hydrogen-bond acceptors (Lipinski definition) is 3. The van der Waals surface area contributed by atoms with Crippen molar-refractivity contribution in [2.75, 3.05) is 13.2 Å². The predicted octanol–water partition coefficient (Wildman–Crippen LogP) is 2.03. The Kier molecular flexibility index (Phi) is 6.04. The van der Waals surface area contributed by atoms with Gasteiger partial charge < -0.3 is 10.4 Å². The Hall–Kier alpha value is -0.870. The Labute approximate surface area is 94.1 Å². The Morgan fingerprint density at radius 1 is 1.33 bits per heavy atom. The second-order valence-electron chi connectivity index (χ2n) is 3.41. The molecule has 84 valence electrons. The molecular weight excluding hydrogens is 210 g/mol. The standard InChI is InChI=1S/C11H17NO2S/c13-7-4-2-1-3-6-12-11(14)10-5-8-15-9-10/h5,8-9,13H,1-4,6-7H2,(H,12,14). The van der Waals surface area contributed by atoms with Crippen molar-refractivity contribution in [2.45, 2.75) is 25.7 Å². The molecule has 0 fully saturated rings. The minimum Gasteiger partial charge on any atom is -0.396 e. The molecule has 1 heterocycles. The van der Waals surface area contributed by atoms with Crippen molar-refractivity contribution in [3.05, 3.63) is 22.4 Å². The summed E-state index contributed by atoms with van der Waals surface area (Å²) in [5, 5.41) is 15.2. The van der Waals surface area contributed by atoms with Crippen LogP contribution in [0, 0.1) is 0 Å². The van der Waals surface area contributed by atoms with E-state index in [1.54, 1.807) is 0 Å². The average Bonchev–Trinajstić information content (AvgIpc) is 2.76. The number of aliphatic hydroxyl groups is 1. The summed E-state index contributed by atoms with van der Waals surface area (Å²) in [7, 11) is 0. The van der Waals surface area contributed by atoms with E-state index < -0.39 is 0 Å². The summed E-state index contributed by atoms with van der Waals surface area (Å²) in [5.74, 6) is 0.0124. The zero-order chi connectivity index (χ0) is 10.9. The van der Waals surface area contributed by atoms with Gasteiger partial charge in [0.2, 0.25) is 0 Å². The lowest BCUT2D eigenvalue weighted by Gasteiger charge is -2.03. The highest BCUT2D eigenvalue weighted by molar-refractivity contribution is 7.08. The van der Waals surface area contributed by atoms with E-state index in [-0.39, 0.29) is 12.5 Å². The molecule has 0 spiro atoms. The molecular formula is C11H17NO2S. The minimum atomic E-state index is 0.0124. The van der Waals surface area contributed by atoms with E-state index in [2.05, 4.69) is 5.32 Å². The molecule has 1 amide bonds. The maximum atomic E-state index is 11.5. The molecule has 1 aromatic rings. The molecule has 0 unspecified atom stereocenters. The van der Waals surface area contributed by atoms with Gasteiger partial charge in [0.15, 0.2) is 0 Å². The molecule has 0 saturated carbocycles. The van der Waals surface area contributed by atoms with Crippen LogP contribution in [0.4, 0.5) is 0 Å². The summed E-state index contributed by atoms with van der Waals surface area (Å²) >= 11 is 1.53. The number of nitrogens with one attached hydrogen (secondary N) is 1. The van der Waals surface area contributed by atoms with Crippen molar-refractivity contribution in [3.8, 4) is 0 Å². The first-order chi connectivity index (χ1) is 7.34. The van der Waals surface area contributed by atoms with E-state index >= 15 is 0 Å². The van der Waals surface area contributed by atoms with Crippen LogP contribution in [0.5, 0.6) is 0 Å². The molecule has 2 N–H and O–H groups in total. The van der Waals surface area contributed by atoms with Crippen LogP contribution in [-0.2, 0) is 0 Å². The normalized spacial score (nSPS) is 10.2. The van der Waals surface area contributed by atoms with Crippen LogP contribution in [0.3, 0.4) is 0 Å². The van der Waals surface area contributed by atoms with Gasteiger partial charge in [0.05, 0.1) is 0 Å². The van der Waals surface area contributed by atoms with Crippen molar-refractivity contribution < 1.29 is 9.90 Å². The van der Waals surface area contributed by atoms with Gasteiger partial charge in [-0.2, -0.15) is 11.3 Å². The van der Waals surface area contributed by atoms with E-state index in [0.29, 0.717) is 0 Å². The third kappa shape index (κ3) is 4.95. The number of thiophene rings is 1. The van der Waals surface area contributed by atoms with Gasteiger partial charge in [0, 0.05) is 24.1 Å². The number of rotatable bonds is 7. The van der Waals surface area contributed by atoms with E-state index in [1.165, 1.54) is 11.3 Å². The fourth-order valence-electron chi connectivity index (χ4n) is 1.29. The number of amides is 1. The molecule has 0 bridgehead atoms. The molecule has 1 rings (SSSR count). The summed E-state index contributed by atoms with van der Waals surface area (Å²) in [6.45, 7) is 0.987. The van der Waals surface area contributed by atoms with Gasteiger partial charge in [-0.3, -0.25) is 4.79 Å². The lowest BCUT2D eigenvalue weighted by molar-refractivity contribution is 0.0953. The number of aliphatic hydroxyl groups excluding tert-OH is 1. The summed E-state index contributed by atoms with van der Waals surface area (Å²) in [4.78, 5) is 11.5. The summed E-state index contributed by atoms with van der Waals surface area (Å²) in [6, 6.07) is 1.83. The Morgan fingerprint density at radius 3 is 2.80 bits per heavy atom. The van der Waals surface area contributed by atoms with Crippen LogP contribution in [0.1, 0.15) is 36.0 Å². The molecule has 3 nitrogen and oxygen atoms in total. The molecule has 0 atom stereocenters. The van der Waals surface area contributed by atoms with Crippen molar-refractivity contribution in [1.29, 1.82) is 0 Å². The van der Waals surface area contributed by atoms with Crippen molar-refractivity contribution >= 4 is 17.2 Å². The maximum absolute atomic E-state index is 11.5. The van der Waals surface area contributed by atoms with E-state index in [1.807, 2.05) is 16.8 Å². The lowest BCUT2D eigenvalue weighted by atomic mass is 10.2. The maximum Gasteiger partial charge on any atom is 0.252 e. The Balaban J connectivity index is 2.03. The van der Waals surface area contributed by atoms with Crippen molar-refractivity contribution in [3.63, 3.8) is 0 Å². The fraction of sp³-hybridized carbons (Fsp3) is 0.545. The van der Waals surface area contributed by atoms with Crippen molar-refractivity contribution in [2.24, 2.45) is 0 Å². The first-order valence-corrected chi connectivity index (χ1v) is 6.20. The molecule has 0 aromatic carbocycles. The first-order valence-electron chi connectivity index (χ1n) is 5.26. The van der Waals surface area contributed by atoms with Gasteiger partial charge in [0.1, 0.15) is 0 Å². The van der Waals surface area contributed by atoms with Gasteiger partial charge in [0.25, 0.3) is 5.91 Å². The van der Waals surface area contributed by atoms with E-state index in [0.717, 1.165) is 37.8 Å². The topological polar surface area (TPSA) is 49.3 Å². The SMILES string of the molecule is O=C(NCCCCCCO)c1ccsc1. The van der Waals surface area contributed by atoms with Gasteiger partial charge in [-0.1, -0.05) is 12.8 Å². The highest BCUT2D eigenvalue weighted by Crippen LogP contribution is 2.05. The molecule has 15 heavy (non-hydrogen) atoms. The Morgan fingerprint density at radius 2 is 2.13 bits per heavy atom. The van der Waals surface area contributed by atoms with Crippen LogP contribution in [0.2, 0.25) is 0 Å². The number of hydrogen-bond donors (Lipinski definition) is 2. The quantitative estimate of drug-likeness (QED) is 0.700. The second kappa shape index (κ2) is 7.43. The van der Waals surface area contributed by atoms with Gasteiger partial charge in [-0.15, -0.1) is 0 Å². The van der Waals surface area contributed by atoms with Crippen LogP contribution in [0.15, 0.2) is 16.8 Å². The lowest BCUT2D eigenvalue weighted by Crippen LogP contribution is -2.23. The highest BCUT2D eigenvalue weighted by Gasteiger charge is 2.03. The summed E-state index contributed by atoms with van der Waals surface area (Å²) < 4.78 is 0. The van der Waals surface area contributed by atoms with Crippen LogP contribution in [0.25, 0.3) is 0 Å². The van der Waals surface area contributed by atoms with Crippen LogP contribution < -0.4 is 5.32 Å². The highest BCUT2D eigenvalue weighted by atomic mass is 32.1. The number of carbonyl (C=O) groups is 1. The van der Waals surface area contributed by atoms with Crippen LogP contribution in [-0.4, -0.2) is 24.2 Å². The van der Waals surface area contributed by atoms with Crippen LogP contribution >= 0.6 is 11.3 Å². The van der Waals surface area contributed by atoms with Gasteiger partial charge in [-0.25, -0.2) is 0 Å². The molecule has 1 aromatic heterocycles. The number of carbonyl (C=O) groups excluding carboxylic acids is 1. The third-order valence-electron chi connectivity index (χ3n) is 2.15. The second-order valence-corrected chi connectivity index (χ2v) is 4.19. The summed E-state index contributed by atoms with van der Waals surface area (Å²) in [6.07, 6.45) is 3.93. The molecule has 0 radical (unpaired) electrons. The molecule has 0 aliphatic rings. The molecule has 0 aliphatic carbocycles. The Bertz CT molecular complexity index is 272. The average molecular weight is 227 g/mol. The minimum absolute atomic E-state index is 0.0124. The molecule has 0 saturated heterocycles. The fourth-order valence-corrected chi connectivity index (χ4v) is 1.92. The smallest absolute Gasteiger partial charge is 0.252 e. The zero-order valence-corrected chi connectivity index (χ0v) is 9.55. The monoisotopic (exact) mass is 227 g/mol. The largest absolute Gasteiger partial charge is 0.396 e. The van der Waals surface area contributed by atoms with E-state index in [4.69, 9.17) is 5.11 Å². The molecule has 0 aliphatic heterocycles. The number of unbranched alkanes of at least 4 members (excludes halogenated alkanes) is 3. The third-order valence-corrected chi connectivity index (χ3v) is 2.84. The van der Waals surface area contributed by atoms with Crippen molar-refractivity contribution in [1.82, 2.24) is 5.32 Å². The molecule has 4 heteroatoms. The zero-order valence-electron chi connectivity index (χ0n) is 8.74. The van der Waals surface area contributed by atoms with Gasteiger partial charge >= 0.3 is 0 Å². The van der Waals surface area contributed by atoms with E-state index in [9.17, 15) is 4.79 Å². The van der Waals surface area contributed by atoms with Gasteiger partial charge in [-0.05, 0) is 24.3 Å². The summed E-state index contributed by atoms with van der Waals surface area (Å²) in [5.41, 5.74) is 0.746.